The summed E-state index contributed by atoms with van der Waals surface area (Å²) in [7, 11) is 5.37. The van der Waals surface area contributed by atoms with Crippen LogP contribution < -0.4 is 5.41 Å². The van der Waals surface area contributed by atoms with Crippen molar-refractivity contribution in [1.82, 2.24) is 0 Å². The van der Waals surface area contributed by atoms with Crippen molar-refractivity contribution in [3.8, 4) is 0 Å². The van der Waals surface area contributed by atoms with Gasteiger partial charge < -0.3 is 13.0 Å². The third-order valence-corrected chi connectivity index (χ3v) is 0.936. The Kier molecular flexibility index (Phi) is 1.25. The van der Waals surface area contributed by atoms with Gasteiger partial charge in [0.05, 0.1) is 0 Å². The highest BCUT2D eigenvalue weighted by Crippen LogP contribution is 1.88. The Hall–Kier alpha value is -0.915. The topological polar surface area (TPSA) is 25.6 Å². The number of nitrogens with two attached hydrogens (primary N) is 1. The van der Waals surface area contributed by atoms with Crippen LogP contribution in [0.15, 0.2) is 24.3 Å². The Morgan fingerprint density at radius 2 is 1.62 bits per heavy atom. The van der Waals surface area contributed by atoms with Crippen LogP contribution in [0.4, 0.5) is 0 Å². The molecule has 2 heteroatoms. The van der Waals surface area contributed by atoms with E-state index in [0.717, 1.165) is 11.2 Å². The van der Waals surface area contributed by atoms with E-state index in [1.165, 1.54) is 0 Å². The minimum Gasteiger partial charge on any atom is -0.597 e. The molecule has 0 heterocycles. The maximum Gasteiger partial charge on any atom is 0.196 e. The molecule has 0 saturated heterocycles. The largest absolute Gasteiger partial charge is 0.597 e. The van der Waals surface area contributed by atoms with Gasteiger partial charge in [-0.1, -0.05) is 12.2 Å². The number of hydrogen-bond acceptors (Lipinski definition) is 0. The Balaban J connectivity index is 2.83. The molecule has 0 aromatic rings. The monoisotopic (exact) mass is 103 g/mol. The first-order valence-electron chi connectivity index (χ1n) is 2.40. The van der Waals surface area contributed by atoms with Gasteiger partial charge in [0.1, 0.15) is 0 Å². The first kappa shape index (κ1) is 5.23. The lowest BCUT2D eigenvalue weighted by molar-refractivity contribution is -0.110. The third kappa shape index (κ3) is 1.03. The van der Waals surface area contributed by atoms with Crippen molar-refractivity contribution in [3.05, 3.63) is 24.3 Å². The fourth-order valence-corrected chi connectivity index (χ4v) is 0.496. The van der Waals surface area contributed by atoms with Crippen molar-refractivity contribution in [2.75, 3.05) is 0 Å². The molecule has 0 atom stereocenters. The van der Waals surface area contributed by atoms with Crippen LogP contribution in [0.5, 0.6) is 0 Å². The maximum atomic E-state index is 5.37. The van der Waals surface area contributed by atoms with Crippen molar-refractivity contribution in [2.24, 2.45) is 0 Å². The van der Waals surface area contributed by atoms with Crippen LogP contribution in [0.1, 0.15) is 0 Å². The molecule has 2 radical (unpaired) electrons. The zero-order valence-corrected chi connectivity index (χ0v) is 4.46. The van der Waals surface area contributed by atoms with Crippen LogP contribution in [0, 0.1) is 0 Å². The molecule has 0 saturated carbocycles. The molecule has 0 bridgehead atoms. The second-order valence-corrected chi connectivity index (χ2v) is 1.67. The van der Waals surface area contributed by atoms with Crippen molar-refractivity contribution in [2.45, 2.75) is 0 Å². The molecule has 1 rings (SSSR count). The van der Waals surface area contributed by atoms with Gasteiger partial charge in [-0.15, -0.1) is 0 Å². The molecule has 0 unspecified atom stereocenters. The molecule has 0 aliphatic heterocycles. The molecule has 2 N–H and O–H groups in total. The zero-order chi connectivity index (χ0) is 5.98. The van der Waals surface area contributed by atoms with Crippen molar-refractivity contribution in [1.29, 1.82) is 0 Å². The molecule has 0 aromatic carbocycles. The summed E-state index contributed by atoms with van der Waals surface area (Å²) in [6.07, 6.45) is 7.09. The van der Waals surface area contributed by atoms with E-state index in [4.69, 9.17) is 12.9 Å². The van der Waals surface area contributed by atoms with Gasteiger partial charge in [-0.2, -0.15) is 0 Å². The second-order valence-electron chi connectivity index (χ2n) is 1.67. The van der Waals surface area contributed by atoms with E-state index in [1.807, 2.05) is 0 Å². The molecule has 8 heavy (non-hydrogen) atoms. The first-order chi connectivity index (χ1) is 3.79. The van der Waals surface area contributed by atoms with Gasteiger partial charge in [0, 0.05) is 12.2 Å². The molecule has 0 amide bonds. The smallest absolute Gasteiger partial charge is 0.196 e. The van der Waals surface area contributed by atoms with Gasteiger partial charge in [-0.05, 0) is 0 Å². The highest BCUT2D eigenvalue weighted by atomic mass is 14.4. The van der Waals surface area contributed by atoms with E-state index in [9.17, 15) is 0 Å². The summed E-state index contributed by atoms with van der Waals surface area (Å²) in [5.41, 5.74) is 1.50. The molecule has 1 aliphatic rings. The van der Waals surface area contributed by atoms with Gasteiger partial charge in [-0.25, -0.2) is 0 Å². The van der Waals surface area contributed by atoms with Crippen LogP contribution >= 0.6 is 0 Å². The summed E-state index contributed by atoms with van der Waals surface area (Å²) in [5.74, 6) is 0. The van der Waals surface area contributed by atoms with Gasteiger partial charge in [0.2, 0.25) is 0 Å². The second kappa shape index (κ2) is 1.91. The predicted octanol–water partition coefficient (Wildman–Crippen LogP) is -1.35. The third-order valence-electron chi connectivity index (χ3n) is 0.936. The highest BCUT2D eigenvalue weighted by Gasteiger charge is 1.89. The Morgan fingerprint density at radius 3 is 2.00 bits per heavy atom. The number of hydrogen-bond donors (Lipinski definition) is 1. The van der Waals surface area contributed by atoms with E-state index >= 15 is 0 Å². The lowest BCUT2D eigenvalue weighted by atomic mass is 10.0. The van der Waals surface area contributed by atoms with Crippen molar-refractivity contribution < 1.29 is 5.41 Å². The van der Waals surface area contributed by atoms with Gasteiger partial charge in [0.15, 0.2) is 5.71 Å². The van der Waals surface area contributed by atoms with E-state index < -0.39 is 0 Å². The molecular formula is C6H6BN. The Bertz CT molecular complexity index is 151. The number of rotatable bonds is 0. The predicted molar refractivity (Wildman–Crippen MR) is 36.0 cm³/mol. The first-order valence-corrected chi connectivity index (χ1v) is 2.40. The lowest BCUT2D eigenvalue weighted by Crippen LogP contribution is -2.37. The normalized spacial score (nSPS) is 17.5. The molecule has 1 nitrogen and oxygen atoms in total. The SMILES string of the molecule is [B-]=C1C=CC(=[NH2+])C=C1. The zero-order valence-electron chi connectivity index (χ0n) is 4.46. The minimum atomic E-state index is 0.749. The summed E-state index contributed by atoms with van der Waals surface area (Å²) >= 11 is 0. The van der Waals surface area contributed by atoms with Gasteiger partial charge in [0.25, 0.3) is 0 Å². The van der Waals surface area contributed by atoms with Crippen LogP contribution in [-0.2, 0) is 0 Å². The van der Waals surface area contributed by atoms with Crippen LogP contribution in [0.25, 0.3) is 0 Å². The molecule has 0 spiro atoms. The van der Waals surface area contributed by atoms with E-state index in [-0.39, 0.29) is 0 Å². The molecule has 1 aliphatic carbocycles. The summed E-state index contributed by atoms with van der Waals surface area (Å²) in [5, 5.41) is 5.37. The Morgan fingerprint density at radius 1 is 1.12 bits per heavy atom. The summed E-state index contributed by atoms with van der Waals surface area (Å²) in [6, 6.07) is 0. The quantitative estimate of drug-likeness (QED) is 0.367. The summed E-state index contributed by atoms with van der Waals surface area (Å²) in [6.45, 7) is 0. The summed E-state index contributed by atoms with van der Waals surface area (Å²) in [4.78, 5) is 0. The average Bonchev–Trinajstić information content (AvgIpc) is 1.77. The lowest BCUT2D eigenvalue weighted by Gasteiger charge is -2.03. The maximum absolute atomic E-state index is 5.37. The number of allylic oxidation sites excluding steroid dienone is 4. The molecule has 38 valence electrons. The minimum absolute atomic E-state index is 0.749. The molecule has 0 aromatic heterocycles. The molecular weight excluding hydrogens is 96.9 g/mol. The van der Waals surface area contributed by atoms with Gasteiger partial charge >= 0.3 is 0 Å². The van der Waals surface area contributed by atoms with Crippen LogP contribution in [0.2, 0.25) is 0 Å². The average molecular weight is 103 g/mol. The van der Waals surface area contributed by atoms with E-state index in [2.05, 4.69) is 0 Å². The van der Waals surface area contributed by atoms with Gasteiger partial charge in [-0.3, -0.25) is 5.41 Å². The van der Waals surface area contributed by atoms with E-state index in [0.29, 0.717) is 0 Å². The standard InChI is InChI=1S/C6H5BN/c7-5-1-3-6(8)4-2-5/h1-4,8H/q-1/p+1. The van der Waals surface area contributed by atoms with Crippen LogP contribution in [-0.4, -0.2) is 18.7 Å². The van der Waals surface area contributed by atoms with E-state index in [1.54, 1.807) is 24.3 Å². The highest BCUT2D eigenvalue weighted by molar-refractivity contribution is 6.47. The van der Waals surface area contributed by atoms with Crippen molar-refractivity contribution in [3.63, 3.8) is 0 Å². The van der Waals surface area contributed by atoms with Crippen molar-refractivity contribution >= 4 is 18.7 Å². The Labute approximate surface area is 49.3 Å². The summed E-state index contributed by atoms with van der Waals surface area (Å²) < 4.78 is 0. The fraction of sp³-hybridized carbons (Fsp3) is 0. The van der Waals surface area contributed by atoms with Crippen LogP contribution in [0.3, 0.4) is 0 Å². The molecule has 0 fully saturated rings. The fourth-order valence-electron chi connectivity index (χ4n) is 0.496.